The minimum atomic E-state index is -0.776. The number of carbonyl (C=O) groups excluding carboxylic acids is 3. The zero-order valence-corrected chi connectivity index (χ0v) is 17.4. The highest BCUT2D eigenvalue weighted by atomic mass is 16.5. The molecule has 0 bridgehead atoms. The summed E-state index contributed by atoms with van der Waals surface area (Å²) in [7, 11) is 0. The van der Waals surface area contributed by atoms with E-state index in [1.54, 1.807) is 30.3 Å². The van der Waals surface area contributed by atoms with E-state index in [9.17, 15) is 14.4 Å². The zero-order valence-electron chi connectivity index (χ0n) is 17.4. The third-order valence-electron chi connectivity index (χ3n) is 4.75. The van der Waals surface area contributed by atoms with Crippen LogP contribution < -0.4 is 19.7 Å². The molecule has 0 unspecified atom stereocenters. The number of hydrogen-bond donors (Lipinski definition) is 1. The maximum absolute atomic E-state index is 13.1. The van der Waals surface area contributed by atoms with Gasteiger partial charge in [-0.3, -0.25) is 14.9 Å². The number of aryl methyl sites for hydroxylation is 2. The van der Waals surface area contributed by atoms with Crippen molar-refractivity contribution in [1.29, 1.82) is 0 Å². The summed E-state index contributed by atoms with van der Waals surface area (Å²) in [6, 6.07) is 9.61. The lowest BCUT2D eigenvalue weighted by atomic mass is 10.0. The van der Waals surface area contributed by atoms with E-state index in [-0.39, 0.29) is 5.57 Å². The molecule has 0 atom stereocenters. The molecule has 0 spiro atoms. The summed E-state index contributed by atoms with van der Waals surface area (Å²) >= 11 is 0. The number of urea groups is 1. The van der Waals surface area contributed by atoms with Gasteiger partial charge in [0.15, 0.2) is 0 Å². The average Bonchev–Trinajstić information content (AvgIpc) is 2.69. The SMILES string of the molecule is CCOc1ccc(C=C2C(=O)NC(=O)N(c3ccc(C)c(C)c3)C2=O)c(OCC)c1. The van der Waals surface area contributed by atoms with Crippen molar-refractivity contribution in [2.75, 3.05) is 18.1 Å². The fourth-order valence-electron chi connectivity index (χ4n) is 3.08. The van der Waals surface area contributed by atoms with E-state index in [0.717, 1.165) is 16.0 Å². The number of benzene rings is 2. The Morgan fingerprint density at radius 1 is 0.933 bits per heavy atom. The maximum atomic E-state index is 13.1. The van der Waals surface area contributed by atoms with E-state index in [1.165, 1.54) is 6.08 Å². The molecule has 0 radical (unpaired) electrons. The van der Waals surface area contributed by atoms with Crippen LogP contribution in [0.4, 0.5) is 10.5 Å². The summed E-state index contributed by atoms with van der Waals surface area (Å²) in [5.74, 6) is -0.342. The summed E-state index contributed by atoms with van der Waals surface area (Å²) in [5, 5.41) is 2.24. The van der Waals surface area contributed by atoms with Crippen molar-refractivity contribution in [2.45, 2.75) is 27.7 Å². The molecule has 4 amide bonds. The van der Waals surface area contributed by atoms with Crippen molar-refractivity contribution in [2.24, 2.45) is 0 Å². The highest BCUT2D eigenvalue weighted by Crippen LogP contribution is 2.29. The van der Waals surface area contributed by atoms with Crippen molar-refractivity contribution in [3.05, 3.63) is 58.7 Å². The number of nitrogens with one attached hydrogen (secondary N) is 1. The van der Waals surface area contributed by atoms with Crippen LogP contribution >= 0.6 is 0 Å². The summed E-state index contributed by atoms with van der Waals surface area (Å²) in [4.78, 5) is 38.9. The van der Waals surface area contributed by atoms with Gasteiger partial charge >= 0.3 is 6.03 Å². The Kier molecular flexibility index (Phi) is 6.20. The molecule has 0 saturated carbocycles. The highest BCUT2D eigenvalue weighted by molar-refractivity contribution is 6.39. The number of hydrogen-bond acceptors (Lipinski definition) is 5. The standard InChI is InChI=1S/C23H24N2O5/c1-5-29-18-10-8-16(20(13-18)30-6-2)12-19-21(26)24-23(28)25(22(19)27)17-9-7-14(3)15(4)11-17/h7-13H,5-6H2,1-4H3,(H,24,26,28). The van der Waals surface area contributed by atoms with E-state index >= 15 is 0 Å². The molecule has 0 aliphatic carbocycles. The number of anilines is 1. The molecule has 1 heterocycles. The van der Waals surface area contributed by atoms with Crippen LogP contribution in [0.1, 0.15) is 30.5 Å². The minimum Gasteiger partial charge on any atom is -0.494 e. The van der Waals surface area contributed by atoms with Gasteiger partial charge in [0.25, 0.3) is 11.8 Å². The first-order chi connectivity index (χ1) is 14.3. The van der Waals surface area contributed by atoms with Crippen LogP contribution in [0.5, 0.6) is 11.5 Å². The third-order valence-corrected chi connectivity index (χ3v) is 4.75. The van der Waals surface area contributed by atoms with E-state index in [0.29, 0.717) is 36.0 Å². The predicted octanol–water partition coefficient (Wildman–Crippen LogP) is 3.77. The molecule has 2 aromatic rings. The molecule has 7 heteroatoms. The van der Waals surface area contributed by atoms with Crippen LogP contribution in [0.3, 0.4) is 0 Å². The van der Waals surface area contributed by atoms with Crippen molar-refractivity contribution in [3.63, 3.8) is 0 Å². The van der Waals surface area contributed by atoms with Crippen molar-refractivity contribution < 1.29 is 23.9 Å². The van der Waals surface area contributed by atoms with Crippen molar-refractivity contribution in [1.82, 2.24) is 5.32 Å². The molecule has 1 aliphatic heterocycles. The van der Waals surface area contributed by atoms with E-state index < -0.39 is 17.8 Å². The lowest BCUT2D eigenvalue weighted by Gasteiger charge is -2.27. The zero-order chi connectivity index (χ0) is 21.8. The maximum Gasteiger partial charge on any atom is 0.335 e. The number of ether oxygens (including phenoxy) is 2. The van der Waals surface area contributed by atoms with Gasteiger partial charge in [-0.25, -0.2) is 9.69 Å². The molecule has 3 rings (SSSR count). The first-order valence-electron chi connectivity index (χ1n) is 9.74. The van der Waals surface area contributed by atoms with Crippen LogP contribution in [0.25, 0.3) is 6.08 Å². The lowest BCUT2D eigenvalue weighted by molar-refractivity contribution is -0.122. The van der Waals surface area contributed by atoms with Crippen LogP contribution in [0, 0.1) is 13.8 Å². The van der Waals surface area contributed by atoms with E-state index in [1.807, 2.05) is 33.8 Å². The number of carbonyl (C=O) groups is 3. The Morgan fingerprint density at radius 2 is 1.67 bits per heavy atom. The smallest absolute Gasteiger partial charge is 0.335 e. The number of rotatable bonds is 6. The highest BCUT2D eigenvalue weighted by Gasteiger charge is 2.37. The molecule has 1 saturated heterocycles. The molecule has 2 aromatic carbocycles. The molecule has 1 N–H and O–H groups in total. The van der Waals surface area contributed by atoms with Crippen LogP contribution in [0.15, 0.2) is 42.0 Å². The van der Waals surface area contributed by atoms with Gasteiger partial charge < -0.3 is 9.47 Å². The first-order valence-corrected chi connectivity index (χ1v) is 9.74. The number of nitrogens with zero attached hydrogens (tertiary/aromatic N) is 1. The largest absolute Gasteiger partial charge is 0.494 e. The third kappa shape index (κ3) is 4.20. The monoisotopic (exact) mass is 408 g/mol. The van der Waals surface area contributed by atoms with Gasteiger partial charge in [-0.1, -0.05) is 6.07 Å². The van der Waals surface area contributed by atoms with Crippen molar-refractivity contribution in [3.8, 4) is 11.5 Å². The quantitative estimate of drug-likeness (QED) is 0.581. The molecule has 1 fully saturated rings. The van der Waals surface area contributed by atoms with Gasteiger partial charge in [0, 0.05) is 11.6 Å². The summed E-state index contributed by atoms with van der Waals surface area (Å²) < 4.78 is 11.1. The number of amides is 4. The fourth-order valence-corrected chi connectivity index (χ4v) is 3.08. The van der Waals surface area contributed by atoms with Crippen LogP contribution in [0.2, 0.25) is 0 Å². The fraction of sp³-hybridized carbons (Fsp3) is 0.261. The summed E-state index contributed by atoms with van der Waals surface area (Å²) in [6.45, 7) is 8.44. The predicted molar refractivity (Wildman–Crippen MR) is 114 cm³/mol. The Bertz CT molecular complexity index is 1040. The topological polar surface area (TPSA) is 84.9 Å². The van der Waals surface area contributed by atoms with Crippen LogP contribution in [-0.2, 0) is 9.59 Å². The van der Waals surface area contributed by atoms with Gasteiger partial charge in [0.2, 0.25) is 0 Å². The Balaban J connectivity index is 2.03. The van der Waals surface area contributed by atoms with Crippen molar-refractivity contribution >= 4 is 29.6 Å². The normalized spacial score (nSPS) is 15.4. The van der Waals surface area contributed by atoms with Crippen LogP contribution in [-0.4, -0.2) is 31.1 Å². The van der Waals surface area contributed by atoms with Gasteiger partial charge in [0.05, 0.1) is 18.9 Å². The second-order valence-corrected chi connectivity index (χ2v) is 6.79. The van der Waals surface area contributed by atoms with Gasteiger partial charge in [-0.2, -0.15) is 0 Å². The molecule has 1 aliphatic rings. The Labute approximate surface area is 175 Å². The van der Waals surface area contributed by atoms with Gasteiger partial charge in [0.1, 0.15) is 17.1 Å². The second-order valence-electron chi connectivity index (χ2n) is 6.79. The summed E-state index contributed by atoms with van der Waals surface area (Å²) in [5.41, 5.74) is 2.74. The Hall–Kier alpha value is -3.61. The molecular weight excluding hydrogens is 384 g/mol. The summed E-state index contributed by atoms with van der Waals surface area (Å²) in [6.07, 6.45) is 1.43. The molecule has 0 aromatic heterocycles. The number of barbiturate groups is 1. The number of imide groups is 2. The molecular formula is C23H24N2O5. The minimum absolute atomic E-state index is 0.155. The first kappa shape index (κ1) is 21.1. The van der Waals surface area contributed by atoms with Gasteiger partial charge in [-0.05, 0) is 69.2 Å². The molecule has 7 nitrogen and oxygen atoms in total. The average molecular weight is 408 g/mol. The second kappa shape index (κ2) is 8.82. The van der Waals surface area contributed by atoms with E-state index in [2.05, 4.69) is 5.32 Å². The Morgan fingerprint density at radius 3 is 2.33 bits per heavy atom. The molecule has 156 valence electrons. The lowest BCUT2D eigenvalue weighted by Crippen LogP contribution is -2.54. The molecule has 30 heavy (non-hydrogen) atoms. The van der Waals surface area contributed by atoms with Gasteiger partial charge in [-0.15, -0.1) is 0 Å². The van der Waals surface area contributed by atoms with E-state index in [4.69, 9.17) is 9.47 Å².